The Labute approximate surface area is 152 Å². The number of hydrogen-bond donors (Lipinski definition) is 0. The molecule has 0 fully saturated rings. The Bertz CT molecular complexity index is 1030. The first-order valence-corrected chi connectivity index (χ1v) is 8.78. The molecule has 0 N–H and O–H groups in total. The molecular weight excluding hydrogens is 330 g/mol. The summed E-state index contributed by atoms with van der Waals surface area (Å²) in [7, 11) is 3.13. The Morgan fingerprint density at radius 3 is 2.31 bits per heavy atom. The van der Waals surface area contributed by atoms with Crippen molar-refractivity contribution in [2.45, 2.75) is 39.3 Å². The van der Waals surface area contributed by atoms with E-state index in [1.54, 1.807) is 18.1 Å². The quantitative estimate of drug-likeness (QED) is 0.694. The average Bonchev–Trinajstić information content (AvgIpc) is 3.03. The van der Waals surface area contributed by atoms with E-state index < -0.39 is 0 Å². The third-order valence-corrected chi connectivity index (χ3v) is 4.73. The Balaban J connectivity index is 2.12. The zero-order chi connectivity index (χ0) is 19.0. The van der Waals surface area contributed by atoms with Crippen LogP contribution in [0.15, 0.2) is 46.2 Å². The van der Waals surface area contributed by atoms with Gasteiger partial charge in [0, 0.05) is 26.2 Å². The summed E-state index contributed by atoms with van der Waals surface area (Å²) in [6, 6.07) is 10.5. The van der Waals surface area contributed by atoms with Crippen LogP contribution in [0.4, 0.5) is 0 Å². The minimum atomic E-state index is -0.374. The van der Waals surface area contributed by atoms with Gasteiger partial charge in [0.1, 0.15) is 6.33 Å². The predicted octanol–water partition coefficient (Wildman–Crippen LogP) is 1.41. The van der Waals surface area contributed by atoms with Gasteiger partial charge in [0.15, 0.2) is 11.2 Å². The first-order valence-electron chi connectivity index (χ1n) is 8.78. The average molecular weight is 355 g/mol. The molecule has 0 spiro atoms. The van der Waals surface area contributed by atoms with Crippen molar-refractivity contribution in [2.24, 2.45) is 14.1 Å². The van der Waals surface area contributed by atoms with Gasteiger partial charge in [-0.1, -0.05) is 30.3 Å². The van der Waals surface area contributed by atoms with Crippen molar-refractivity contribution in [3.05, 3.63) is 63.1 Å². The molecule has 3 aromatic rings. The fraction of sp³-hybridized carbons (Fsp3) is 0.421. The van der Waals surface area contributed by atoms with Gasteiger partial charge >= 0.3 is 5.69 Å². The highest BCUT2D eigenvalue weighted by Crippen LogP contribution is 2.15. The van der Waals surface area contributed by atoms with E-state index in [1.165, 1.54) is 17.2 Å². The highest BCUT2D eigenvalue weighted by Gasteiger charge is 2.23. The van der Waals surface area contributed by atoms with Crippen molar-refractivity contribution in [3.63, 3.8) is 0 Å². The third-order valence-electron chi connectivity index (χ3n) is 4.73. The molecular formula is C19H25N5O2. The molecule has 0 saturated heterocycles. The number of imidazole rings is 1. The second kappa shape index (κ2) is 6.82. The second-order valence-electron chi connectivity index (χ2n) is 6.98. The Morgan fingerprint density at radius 2 is 1.69 bits per heavy atom. The van der Waals surface area contributed by atoms with E-state index >= 15 is 0 Å². The third kappa shape index (κ3) is 2.94. The van der Waals surface area contributed by atoms with Crippen molar-refractivity contribution in [1.82, 2.24) is 18.8 Å². The summed E-state index contributed by atoms with van der Waals surface area (Å²) in [5.41, 5.74) is 1.34. The number of benzene rings is 1. The molecule has 138 valence electrons. The molecule has 2 heterocycles. The van der Waals surface area contributed by atoms with Gasteiger partial charge in [0.2, 0.25) is 0 Å². The van der Waals surface area contributed by atoms with Gasteiger partial charge in [0.25, 0.3) is 5.56 Å². The van der Waals surface area contributed by atoms with Gasteiger partial charge in [-0.25, -0.2) is 14.5 Å². The maximum Gasteiger partial charge on any atom is 0.332 e. The SMILES string of the molecule is CC(C)N(C(C)Cc1ccccc1)n1cnc2c1c(=O)n(C)c(=O)n2C. The largest absolute Gasteiger partial charge is 0.332 e. The van der Waals surface area contributed by atoms with Crippen LogP contribution in [-0.4, -0.2) is 30.9 Å². The summed E-state index contributed by atoms with van der Waals surface area (Å²) in [5, 5.41) is 2.13. The van der Waals surface area contributed by atoms with Gasteiger partial charge in [-0.3, -0.25) is 13.9 Å². The van der Waals surface area contributed by atoms with Gasteiger partial charge in [-0.15, -0.1) is 0 Å². The summed E-state index contributed by atoms with van der Waals surface area (Å²) in [6.45, 7) is 6.30. The smallest absolute Gasteiger partial charge is 0.305 e. The normalized spacial score (nSPS) is 12.7. The molecule has 0 aliphatic carbocycles. The molecule has 7 heteroatoms. The molecule has 0 aliphatic heterocycles. The van der Waals surface area contributed by atoms with Crippen molar-refractivity contribution in [2.75, 3.05) is 5.01 Å². The molecule has 0 amide bonds. The molecule has 1 aromatic carbocycles. The lowest BCUT2D eigenvalue weighted by Gasteiger charge is -2.35. The zero-order valence-electron chi connectivity index (χ0n) is 15.9. The highest BCUT2D eigenvalue weighted by molar-refractivity contribution is 5.70. The fourth-order valence-electron chi connectivity index (χ4n) is 3.53. The summed E-state index contributed by atoms with van der Waals surface area (Å²) < 4.78 is 4.34. The molecule has 1 atom stereocenters. The lowest BCUT2D eigenvalue weighted by atomic mass is 10.1. The molecule has 0 aliphatic rings. The highest BCUT2D eigenvalue weighted by atomic mass is 16.2. The Hall–Kier alpha value is -2.83. The van der Waals surface area contributed by atoms with Crippen molar-refractivity contribution >= 4 is 11.2 Å². The number of aromatic nitrogens is 4. The number of aryl methyl sites for hydroxylation is 1. The lowest BCUT2D eigenvalue weighted by molar-refractivity contribution is 0.448. The Kier molecular flexibility index (Phi) is 4.71. The number of rotatable bonds is 5. The number of nitrogens with zero attached hydrogens (tertiary/aromatic N) is 5. The molecule has 2 aromatic heterocycles. The predicted molar refractivity (Wildman–Crippen MR) is 103 cm³/mol. The van der Waals surface area contributed by atoms with Crippen molar-refractivity contribution in [3.8, 4) is 0 Å². The van der Waals surface area contributed by atoms with Gasteiger partial charge in [-0.2, -0.15) is 0 Å². The monoisotopic (exact) mass is 355 g/mol. The first-order chi connectivity index (χ1) is 12.3. The number of fused-ring (bicyclic) bond motifs is 1. The van der Waals surface area contributed by atoms with Crippen molar-refractivity contribution < 1.29 is 0 Å². The van der Waals surface area contributed by atoms with Crippen LogP contribution >= 0.6 is 0 Å². The lowest BCUT2D eigenvalue weighted by Crippen LogP contribution is -2.49. The van der Waals surface area contributed by atoms with E-state index in [0.717, 1.165) is 11.0 Å². The molecule has 26 heavy (non-hydrogen) atoms. The standard InChI is InChI=1S/C19H25N5O2/c1-13(2)24(14(3)11-15-9-7-6-8-10-15)23-12-20-17-16(23)18(25)22(5)19(26)21(17)4/h6-10,12-14H,11H2,1-5H3. The van der Waals surface area contributed by atoms with Crippen LogP contribution in [0.3, 0.4) is 0 Å². The van der Waals surface area contributed by atoms with E-state index in [2.05, 4.69) is 42.9 Å². The van der Waals surface area contributed by atoms with Crippen LogP contribution in [0.2, 0.25) is 0 Å². The molecule has 0 saturated carbocycles. The minimum absolute atomic E-state index is 0.136. The second-order valence-corrected chi connectivity index (χ2v) is 6.98. The molecule has 0 bridgehead atoms. The van der Waals surface area contributed by atoms with E-state index in [1.807, 2.05) is 18.2 Å². The van der Waals surface area contributed by atoms with Crippen LogP contribution in [0, 0.1) is 0 Å². The topological polar surface area (TPSA) is 65.1 Å². The van der Waals surface area contributed by atoms with Crippen LogP contribution in [0.1, 0.15) is 26.3 Å². The summed E-state index contributed by atoms with van der Waals surface area (Å²) in [5.74, 6) is 0. The van der Waals surface area contributed by atoms with E-state index in [0.29, 0.717) is 11.2 Å². The Morgan fingerprint density at radius 1 is 1.04 bits per heavy atom. The summed E-state index contributed by atoms with van der Waals surface area (Å²) >= 11 is 0. The summed E-state index contributed by atoms with van der Waals surface area (Å²) in [6.07, 6.45) is 2.47. The maximum atomic E-state index is 12.8. The van der Waals surface area contributed by atoms with E-state index in [-0.39, 0.29) is 23.3 Å². The summed E-state index contributed by atoms with van der Waals surface area (Å²) in [4.78, 5) is 29.3. The minimum Gasteiger partial charge on any atom is -0.305 e. The molecule has 0 radical (unpaired) electrons. The van der Waals surface area contributed by atoms with Gasteiger partial charge in [0.05, 0.1) is 0 Å². The van der Waals surface area contributed by atoms with Crippen LogP contribution in [-0.2, 0) is 20.5 Å². The van der Waals surface area contributed by atoms with Gasteiger partial charge in [-0.05, 0) is 32.8 Å². The first kappa shape index (κ1) is 18.0. The van der Waals surface area contributed by atoms with Crippen LogP contribution in [0.25, 0.3) is 11.2 Å². The van der Waals surface area contributed by atoms with Crippen LogP contribution < -0.4 is 16.3 Å². The zero-order valence-corrected chi connectivity index (χ0v) is 15.9. The van der Waals surface area contributed by atoms with Crippen molar-refractivity contribution in [1.29, 1.82) is 0 Å². The number of hydrogen-bond acceptors (Lipinski definition) is 4. The molecule has 3 rings (SSSR count). The molecule has 7 nitrogen and oxygen atoms in total. The van der Waals surface area contributed by atoms with E-state index in [4.69, 9.17) is 0 Å². The molecule has 1 unspecified atom stereocenters. The van der Waals surface area contributed by atoms with Crippen LogP contribution in [0.5, 0.6) is 0 Å². The van der Waals surface area contributed by atoms with E-state index in [9.17, 15) is 9.59 Å². The maximum absolute atomic E-state index is 12.8. The fourth-order valence-corrected chi connectivity index (χ4v) is 3.53. The van der Waals surface area contributed by atoms with Gasteiger partial charge < -0.3 is 5.01 Å².